The molecule has 0 aromatic heterocycles. The molecule has 0 amide bonds. The fourth-order valence-corrected chi connectivity index (χ4v) is 3.21. The molecule has 82 valence electrons. The lowest BCUT2D eigenvalue weighted by atomic mass is 10.3. The van der Waals surface area contributed by atoms with Crippen LogP contribution in [0.1, 0.15) is 6.42 Å². The van der Waals surface area contributed by atoms with Gasteiger partial charge in [0.1, 0.15) is 11.4 Å². The summed E-state index contributed by atoms with van der Waals surface area (Å²) in [5.41, 5.74) is 0.677. The normalized spacial score (nSPS) is 18.0. The van der Waals surface area contributed by atoms with E-state index in [2.05, 4.69) is 20.3 Å². The van der Waals surface area contributed by atoms with Crippen molar-refractivity contribution in [2.75, 3.05) is 18.6 Å². The molecule has 1 aromatic carbocycles. The Morgan fingerprint density at radius 1 is 1.47 bits per heavy atom. The van der Waals surface area contributed by atoms with Crippen LogP contribution in [0.15, 0.2) is 27.0 Å². The molecule has 0 spiro atoms. The zero-order valence-corrected chi connectivity index (χ0v) is 10.8. The number of ether oxygens (including phenoxy) is 1. The minimum atomic E-state index is -1.97. The van der Waals surface area contributed by atoms with E-state index < -0.39 is 9.73 Å². The fraction of sp³-hybridized carbons (Fsp3) is 0.400. The van der Waals surface area contributed by atoms with Gasteiger partial charge in [-0.15, -0.1) is 0 Å². The Morgan fingerprint density at radius 3 is 2.73 bits per heavy atom. The molecule has 2 rings (SSSR count). The minimum Gasteiger partial charge on any atom is -0.494 e. The molecule has 1 aliphatic heterocycles. The Kier molecular flexibility index (Phi) is 3.02. The van der Waals surface area contributed by atoms with E-state index in [1.807, 2.05) is 18.2 Å². The fourth-order valence-electron chi connectivity index (χ4n) is 1.40. The summed E-state index contributed by atoms with van der Waals surface area (Å²) in [7, 11) is -0.374. The Labute approximate surface area is 98.1 Å². The molecule has 0 N–H and O–H groups in total. The topological polar surface area (TPSA) is 38.7 Å². The van der Waals surface area contributed by atoms with Crippen molar-refractivity contribution in [3.8, 4) is 5.75 Å². The molecule has 0 saturated carbocycles. The molecule has 5 heteroatoms. The van der Waals surface area contributed by atoms with E-state index in [4.69, 9.17) is 4.74 Å². The number of nitrogens with zero attached hydrogens (tertiary/aromatic N) is 1. The van der Waals surface area contributed by atoms with Gasteiger partial charge in [0.05, 0.1) is 16.8 Å². The zero-order chi connectivity index (χ0) is 10.9. The number of halogens is 1. The molecule has 0 radical (unpaired) electrons. The molecular weight excluding hydrogens is 278 g/mol. The maximum Gasteiger partial charge on any atom is 0.145 e. The molecule has 1 saturated heterocycles. The summed E-state index contributed by atoms with van der Waals surface area (Å²) in [6.07, 6.45) is 1.01. The molecule has 0 bridgehead atoms. The van der Waals surface area contributed by atoms with Gasteiger partial charge >= 0.3 is 0 Å². The van der Waals surface area contributed by atoms with Crippen molar-refractivity contribution in [1.29, 1.82) is 0 Å². The zero-order valence-electron chi connectivity index (χ0n) is 8.40. The highest BCUT2D eigenvalue weighted by molar-refractivity contribution is 9.10. The number of methoxy groups -OCH3 is 1. The first-order valence-electron chi connectivity index (χ1n) is 4.69. The summed E-state index contributed by atoms with van der Waals surface area (Å²) in [5.74, 6) is 2.10. The van der Waals surface area contributed by atoms with Crippen molar-refractivity contribution in [3.63, 3.8) is 0 Å². The minimum absolute atomic E-state index is 0.674. The average molecular weight is 290 g/mol. The highest BCUT2D eigenvalue weighted by Crippen LogP contribution is 2.33. The van der Waals surface area contributed by atoms with Gasteiger partial charge in [0.2, 0.25) is 0 Å². The number of hydrogen-bond acceptors (Lipinski definition) is 3. The lowest BCUT2D eigenvalue weighted by Crippen LogP contribution is -2.23. The van der Waals surface area contributed by atoms with Crippen molar-refractivity contribution in [2.24, 2.45) is 4.36 Å². The van der Waals surface area contributed by atoms with E-state index in [1.165, 1.54) is 0 Å². The van der Waals surface area contributed by atoms with Crippen LogP contribution in [0, 0.1) is 0 Å². The van der Waals surface area contributed by atoms with Crippen LogP contribution in [0.3, 0.4) is 0 Å². The molecular formula is C10H12BrNO2S. The van der Waals surface area contributed by atoms with Gasteiger partial charge in [0.25, 0.3) is 0 Å². The van der Waals surface area contributed by atoms with E-state index in [0.29, 0.717) is 22.9 Å². The first kappa shape index (κ1) is 11.0. The molecule has 1 aromatic rings. The van der Waals surface area contributed by atoms with E-state index >= 15 is 0 Å². The van der Waals surface area contributed by atoms with Gasteiger partial charge in [-0.05, 0) is 24.6 Å². The third-order valence-electron chi connectivity index (χ3n) is 2.33. The Bertz CT molecular complexity index is 482. The second-order valence-corrected chi connectivity index (χ2v) is 6.90. The molecule has 1 heterocycles. The third kappa shape index (κ3) is 2.34. The van der Waals surface area contributed by atoms with Gasteiger partial charge in [-0.25, -0.2) is 4.21 Å². The predicted octanol–water partition coefficient (Wildman–Crippen LogP) is 2.96. The van der Waals surface area contributed by atoms with E-state index in [0.717, 1.165) is 10.9 Å². The maximum atomic E-state index is 12.0. The van der Waals surface area contributed by atoms with Crippen LogP contribution in [0.4, 0.5) is 5.69 Å². The van der Waals surface area contributed by atoms with Crippen molar-refractivity contribution in [3.05, 3.63) is 22.7 Å². The monoisotopic (exact) mass is 289 g/mol. The average Bonchev–Trinajstić information content (AvgIpc) is 2.16. The van der Waals surface area contributed by atoms with Crippen molar-refractivity contribution in [2.45, 2.75) is 6.42 Å². The largest absolute Gasteiger partial charge is 0.494 e. The number of rotatable bonds is 2. The van der Waals surface area contributed by atoms with Crippen LogP contribution in [0.5, 0.6) is 5.75 Å². The van der Waals surface area contributed by atoms with Crippen LogP contribution in [0.25, 0.3) is 0 Å². The third-order valence-corrected chi connectivity index (χ3v) is 5.21. The van der Waals surface area contributed by atoms with Gasteiger partial charge < -0.3 is 4.74 Å². The second-order valence-electron chi connectivity index (χ2n) is 3.44. The smallest absolute Gasteiger partial charge is 0.145 e. The Morgan fingerprint density at radius 2 is 2.20 bits per heavy atom. The summed E-state index contributed by atoms with van der Waals surface area (Å²) in [6, 6.07) is 5.54. The summed E-state index contributed by atoms with van der Waals surface area (Å²) in [5, 5.41) is 0. The maximum absolute atomic E-state index is 12.0. The summed E-state index contributed by atoms with van der Waals surface area (Å²) in [4.78, 5) is 0. The lowest BCUT2D eigenvalue weighted by molar-refractivity contribution is 0.416. The standard InChI is InChI=1S/C10H12BrNO2S/c1-14-10-4-3-8(11)7-9(10)12-15(13)5-2-6-15/h3-4,7H,2,5-6H2,1H3. The first-order chi connectivity index (χ1) is 7.13. The highest BCUT2D eigenvalue weighted by atomic mass is 79.9. The van der Waals surface area contributed by atoms with Crippen LogP contribution in [-0.4, -0.2) is 22.8 Å². The van der Waals surface area contributed by atoms with E-state index in [-0.39, 0.29) is 0 Å². The predicted molar refractivity (Wildman–Crippen MR) is 65.3 cm³/mol. The molecule has 15 heavy (non-hydrogen) atoms. The highest BCUT2D eigenvalue weighted by Gasteiger charge is 2.20. The van der Waals surface area contributed by atoms with Crippen LogP contribution >= 0.6 is 15.9 Å². The van der Waals surface area contributed by atoms with Gasteiger partial charge in [0.15, 0.2) is 0 Å². The summed E-state index contributed by atoms with van der Waals surface area (Å²) < 4.78 is 22.3. The second kappa shape index (κ2) is 4.14. The lowest BCUT2D eigenvalue weighted by Gasteiger charge is -2.18. The molecule has 1 fully saturated rings. The number of hydrogen-bond donors (Lipinski definition) is 0. The summed E-state index contributed by atoms with van der Waals surface area (Å²) in [6.45, 7) is 0. The Hall–Kier alpha value is -0.550. The SMILES string of the molecule is COc1ccc(Br)cc1N=S1(=O)CCC1. The summed E-state index contributed by atoms with van der Waals surface area (Å²) >= 11 is 3.36. The van der Waals surface area contributed by atoms with E-state index in [1.54, 1.807) is 7.11 Å². The van der Waals surface area contributed by atoms with Crippen LogP contribution in [0.2, 0.25) is 0 Å². The van der Waals surface area contributed by atoms with Gasteiger partial charge in [0, 0.05) is 16.0 Å². The Balaban J connectivity index is 2.47. The molecule has 0 atom stereocenters. The molecule has 0 unspecified atom stereocenters. The van der Waals surface area contributed by atoms with Crippen molar-refractivity contribution >= 4 is 31.3 Å². The first-order valence-corrected chi connectivity index (χ1v) is 7.34. The molecule has 3 nitrogen and oxygen atoms in total. The van der Waals surface area contributed by atoms with Gasteiger partial charge in [-0.2, -0.15) is 4.36 Å². The van der Waals surface area contributed by atoms with Crippen molar-refractivity contribution in [1.82, 2.24) is 0 Å². The van der Waals surface area contributed by atoms with Crippen LogP contribution < -0.4 is 4.74 Å². The molecule has 1 aliphatic rings. The van der Waals surface area contributed by atoms with Crippen molar-refractivity contribution < 1.29 is 8.95 Å². The van der Waals surface area contributed by atoms with Crippen LogP contribution in [-0.2, 0) is 9.73 Å². The van der Waals surface area contributed by atoms with E-state index in [9.17, 15) is 4.21 Å². The van der Waals surface area contributed by atoms with Gasteiger partial charge in [-0.1, -0.05) is 15.9 Å². The van der Waals surface area contributed by atoms with Gasteiger partial charge in [-0.3, -0.25) is 0 Å². The quantitative estimate of drug-likeness (QED) is 0.840. The molecule has 0 aliphatic carbocycles. The number of benzene rings is 1.